The third-order valence-electron chi connectivity index (χ3n) is 1.32. The van der Waals surface area contributed by atoms with Crippen molar-refractivity contribution in [2.75, 3.05) is 0 Å². The van der Waals surface area contributed by atoms with E-state index in [0.29, 0.717) is 5.92 Å². The zero-order valence-corrected chi connectivity index (χ0v) is 9.93. The van der Waals surface area contributed by atoms with Crippen molar-refractivity contribution in [1.82, 2.24) is 5.32 Å². The van der Waals surface area contributed by atoms with Crippen LogP contribution in [0, 0.1) is 5.92 Å². The van der Waals surface area contributed by atoms with E-state index in [9.17, 15) is 4.79 Å². The molecule has 0 aromatic rings. The second kappa shape index (κ2) is 3.90. The minimum absolute atomic E-state index is 0.263. The van der Waals surface area contributed by atoms with Crippen LogP contribution in [0.2, 0.25) is 0 Å². The van der Waals surface area contributed by atoms with Gasteiger partial charge >= 0.3 is 82.1 Å². The Balaban J connectivity index is 2.86. The van der Waals surface area contributed by atoms with Crippen molar-refractivity contribution in [3.63, 3.8) is 0 Å². The number of allylic oxidation sites excluding steroid dienone is 1. The van der Waals surface area contributed by atoms with E-state index in [-0.39, 0.29) is 6.03 Å². The van der Waals surface area contributed by atoms with Gasteiger partial charge in [-0.05, 0) is 0 Å². The van der Waals surface area contributed by atoms with Gasteiger partial charge in [0.05, 0.1) is 0 Å². The molecule has 0 unspecified atom stereocenters. The van der Waals surface area contributed by atoms with E-state index in [0.717, 1.165) is 9.59 Å². The maximum absolute atomic E-state index is 10.8. The quantitative estimate of drug-likeness (QED) is 0.765. The summed E-state index contributed by atoms with van der Waals surface area (Å²) in [7, 11) is 0. The van der Waals surface area contributed by atoms with Crippen molar-refractivity contribution in [2.45, 2.75) is 13.8 Å². The van der Waals surface area contributed by atoms with E-state index >= 15 is 0 Å². The van der Waals surface area contributed by atoms with E-state index in [1.165, 1.54) is 19.4 Å². The summed E-state index contributed by atoms with van der Waals surface area (Å²) in [5.74, 6) is 0.482. The number of aliphatic imine (C=N–C) groups is 1. The number of carbonyl (C=O) groups excluding carboxylic acids is 1. The van der Waals surface area contributed by atoms with E-state index in [1.54, 1.807) is 6.21 Å². The molecule has 0 aliphatic carbocycles. The van der Waals surface area contributed by atoms with Crippen LogP contribution in [0.5, 0.6) is 0 Å². The standard InChI is InChI=1S/C8H10N2O.W/c1-6(2)3-7-4-9-8(11)10-5-7;/h3-4,6H,1-2H3,(H,10,11);. The summed E-state index contributed by atoms with van der Waals surface area (Å²) in [6.07, 6.45) is 3.71. The first-order valence-corrected chi connectivity index (χ1v) is 5.17. The summed E-state index contributed by atoms with van der Waals surface area (Å²) in [5.41, 5.74) is 1.04. The molecule has 0 radical (unpaired) electrons. The van der Waals surface area contributed by atoms with Gasteiger partial charge in [-0.15, -0.1) is 0 Å². The predicted octanol–water partition coefficient (Wildman–Crippen LogP) is 1.04. The number of nitrogens with zero attached hydrogens (tertiary/aromatic N) is 1. The van der Waals surface area contributed by atoms with E-state index in [2.05, 4.69) is 30.2 Å². The summed E-state index contributed by atoms with van der Waals surface area (Å²) < 4.78 is 0.962. The van der Waals surface area contributed by atoms with Crippen LogP contribution in [0.25, 0.3) is 0 Å². The molecule has 1 heterocycles. The van der Waals surface area contributed by atoms with Crippen LogP contribution in [-0.2, 0) is 19.4 Å². The normalized spacial score (nSPS) is 20.4. The fourth-order valence-electron chi connectivity index (χ4n) is 0.866. The third-order valence-corrected chi connectivity index (χ3v) is 2.53. The first kappa shape index (κ1) is 9.53. The molecule has 0 aromatic carbocycles. The molecule has 1 rings (SSSR count). The van der Waals surface area contributed by atoms with Crippen LogP contribution in [0.4, 0.5) is 4.79 Å². The number of nitrogens with one attached hydrogen (secondary N) is 1. The average Bonchev–Trinajstić information content (AvgIpc) is 1.94. The molecule has 0 spiro atoms. The molecule has 1 aliphatic rings. The Bertz CT molecular complexity index is 279. The Hall–Kier alpha value is -0.562. The molecular formula is C8H10N2OW. The van der Waals surface area contributed by atoms with Gasteiger partial charge in [0.15, 0.2) is 0 Å². The van der Waals surface area contributed by atoms with Gasteiger partial charge in [0.2, 0.25) is 0 Å². The summed E-state index contributed by atoms with van der Waals surface area (Å²) >= 11 is 1.26. The first-order valence-electron chi connectivity index (χ1n) is 3.71. The predicted molar refractivity (Wildman–Crippen MR) is 45.0 cm³/mol. The van der Waals surface area contributed by atoms with Gasteiger partial charge in [0.1, 0.15) is 0 Å². The molecular weight excluding hydrogens is 324 g/mol. The van der Waals surface area contributed by atoms with Gasteiger partial charge in [0.25, 0.3) is 0 Å². The molecule has 0 aromatic heterocycles. The van der Waals surface area contributed by atoms with Crippen LogP contribution >= 0.6 is 0 Å². The van der Waals surface area contributed by atoms with Crippen LogP contribution in [0.3, 0.4) is 0 Å². The van der Waals surface area contributed by atoms with Gasteiger partial charge in [-0.1, -0.05) is 0 Å². The molecule has 0 fully saturated rings. The zero-order valence-electron chi connectivity index (χ0n) is 7.00. The number of rotatable bonds is 1. The average molecular weight is 334 g/mol. The molecule has 4 heteroatoms. The number of hydrogen-bond donors (Lipinski definition) is 1. The van der Waals surface area contributed by atoms with Crippen molar-refractivity contribution in [1.29, 1.82) is 0 Å². The van der Waals surface area contributed by atoms with Gasteiger partial charge in [-0.25, -0.2) is 0 Å². The van der Waals surface area contributed by atoms with Crippen LogP contribution in [0.1, 0.15) is 13.8 Å². The number of carbonyl (C=O) groups is 1. The Morgan fingerprint density at radius 1 is 1.67 bits per heavy atom. The molecule has 3 nitrogen and oxygen atoms in total. The van der Waals surface area contributed by atoms with Crippen molar-refractivity contribution in [3.8, 4) is 0 Å². The topological polar surface area (TPSA) is 41.5 Å². The fraction of sp³-hybridized carbons (Fsp3) is 0.375. The molecule has 2 amide bonds. The molecule has 1 N–H and O–H groups in total. The minimum atomic E-state index is -0.263. The van der Waals surface area contributed by atoms with Crippen LogP contribution in [-0.4, -0.2) is 16.3 Å². The third kappa shape index (κ3) is 2.49. The molecule has 64 valence electrons. The van der Waals surface area contributed by atoms with E-state index in [1.807, 2.05) is 0 Å². The summed E-state index contributed by atoms with van der Waals surface area (Å²) in [6, 6.07) is -0.263. The van der Waals surface area contributed by atoms with Crippen molar-refractivity contribution in [3.05, 3.63) is 11.6 Å². The molecule has 12 heavy (non-hydrogen) atoms. The Morgan fingerprint density at radius 3 is 2.83 bits per heavy atom. The van der Waals surface area contributed by atoms with Gasteiger partial charge in [-0.3, -0.25) is 0 Å². The second-order valence-corrected chi connectivity index (χ2v) is 4.35. The number of amides is 2. The summed E-state index contributed by atoms with van der Waals surface area (Å²) in [5, 5.41) is 2.68. The van der Waals surface area contributed by atoms with Crippen molar-refractivity contribution < 1.29 is 24.1 Å². The monoisotopic (exact) mass is 334 g/mol. The molecule has 0 bridgehead atoms. The molecule has 1 aliphatic heterocycles. The van der Waals surface area contributed by atoms with Crippen molar-refractivity contribution >= 4 is 16.3 Å². The fourth-order valence-corrected chi connectivity index (χ4v) is 1.61. The molecule has 0 saturated heterocycles. The number of urea groups is 1. The summed E-state index contributed by atoms with van der Waals surface area (Å²) in [4.78, 5) is 14.4. The van der Waals surface area contributed by atoms with Gasteiger partial charge < -0.3 is 0 Å². The van der Waals surface area contributed by atoms with E-state index in [4.69, 9.17) is 0 Å². The van der Waals surface area contributed by atoms with Gasteiger partial charge in [-0.2, -0.15) is 0 Å². The first-order chi connectivity index (χ1) is 5.59. The Kier molecular flexibility index (Phi) is 3.10. The number of hydrogen-bond acceptors (Lipinski definition) is 1. The zero-order chi connectivity index (χ0) is 9.14. The Labute approximate surface area is 82.4 Å². The second-order valence-electron chi connectivity index (χ2n) is 2.88. The molecule has 0 atom stereocenters. The molecule has 0 saturated carbocycles. The Morgan fingerprint density at radius 2 is 2.33 bits per heavy atom. The van der Waals surface area contributed by atoms with Crippen LogP contribution in [0.15, 0.2) is 16.6 Å². The van der Waals surface area contributed by atoms with E-state index < -0.39 is 0 Å². The van der Waals surface area contributed by atoms with Gasteiger partial charge in [0, 0.05) is 0 Å². The maximum atomic E-state index is 10.8. The SMILES string of the molecule is CC(C)C=C1C=NC(=O)N[C]1=[W]. The summed E-state index contributed by atoms with van der Waals surface area (Å²) in [6.45, 7) is 4.19. The van der Waals surface area contributed by atoms with Crippen LogP contribution < -0.4 is 5.32 Å². The van der Waals surface area contributed by atoms with Crippen molar-refractivity contribution in [2.24, 2.45) is 10.9 Å².